The first-order valence-corrected chi connectivity index (χ1v) is 10.0. The zero-order valence-corrected chi connectivity index (χ0v) is 20.1. The topological polar surface area (TPSA) is 37.3 Å². The fraction of sp³-hybridized carbons (Fsp3) is 0.611. The maximum atomic E-state index is 15.1. The molecule has 2 nitrogen and oxygen atoms in total. The summed E-state index contributed by atoms with van der Waals surface area (Å²) in [6, 6.07) is 0. The Labute approximate surface area is 235 Å². The first-order valence-electron chi connectivity index (χ1n) is 10.0. The van der Waals surface area contributed by atoms with Crippen LogP contribution in [0.15, 0.2) is 0 Å². The smallest absolute Gasteiger partial charge is 0.460 e. The van der Waals surface area contributed by atoms with Crippen LogP contribution in [0.5, 0.6) is 0 Å². The molecule has 0 saturated carbocycles. The molecule has 1 unspecified atom stereocenters. The van der Waals surface area contributed by atoms with Crippen molar-refractivity contribution in [2.45, 2.75) is 65.1 Å². The molecule has 0 radical (unpaired) electrons. The van der Waals surface area contributed by atoms with Crippen LogP contribution in [0.3, 0.4) is 0 Å². The lowest BCUT2D eigenvalue weighted by atomic mass is 9.64. The van der Waals surface area contributed by atoms with Gasteiger partial charge in [0.25, 0.3) is 0 Å². The maximum Gasteiger partial charge on any atom is 0.460 e. The molecule has 0 amide bonds. The fourth-order valence-corrected chi connectivity index (χ4v) is 3.44. The van der Waals surface area contributed by atoms with Gasteiger partial charge in [-0.25, -0.2) is 22.0 Å². The Bertz CT molecular complexity index is 1370. The highest BCUT2D eigenvalue weighted by molar-refractivity contribution is 5.86. The molecule has 0 aromatic heterocycles. The molecule has 0 aliphatic carbocycles. The van der Waals surface area contributed by atoms with Crippen LogP contribution >= 0.6 is 0 Å². The van der Waals surface area contributed by atoms with Gasteiger partial charge in [0.05, 0.1) is 5.56 Å². The Kier molecular flexibility index (Phi) is 9.48. The molecule has 0 aliphatic heterocycles. The lowest BCUT2D eigenvalue weighted by Crippen LogP contribution is -2.80. The maximum absolute atomic E-state index is 15.1. The number of carboxylic acids is 1. The third-order valence-corrected chi connectivity index (χ3v) is 5.93. The van der Waals surface area contributed by atoms with E-state index in [0.29, 0.717) is 0 Å². The summed E-state index contributed by atoms with van der Waals surface area (Å²) in [7, 11) is 0. The molecule has 0 aliphatic rings. The molecule has 29 heteroatoms. The summed E-state index contributed by atoms with van der Waals surface area (Å²) in [5, 5.41) is 8.79. The minimum Gasteiger partial charge on any atom is -0.480 e. The first-order chi connectivity index (χ1) is 20.1. The van der Waals surface area contributed by atoms with Crippen LogP contribution in [0.2, 0.25) is 0 Å². The van der Waals surface area contributed by atoms with Crippen molar-refractivity contribution in [3.8, 4) is 0 Å². The lowest BCUT2D eigenvalue weighted by molar-refractivity contribution is -0.462. The molecule has 1 N–H and O–H groups in total. The molecular weight excluding hydrogens is 761 g/mol. The van der Waals surface area contributed by atoms with E-state index in [2.05, 4.69) is 0 Å². The Morgan fingerprint density at radius 2 is 0.532 bits per heavy atom. The zero-order valence-electron chi connectivity index (χ0n) is 20.1. The van der Waals surface area contributed by atoms with Crippen LogP contribution in [-0.2, 0) is 10.2 Å². The van der Waals surface area contributed by atoms with Crippen molar-refractivity contribution in [1.29, 1.82) is 0 Å². The fourth-order valence-electron chi connectivity index (χ4n) is 3.44. The number of benzene rings is 1. The van der Waals surface area contributed by atoms with Crippen LogP contribution in [-0.4, -0.2) is 70.8 Å². The predicted molar refractivity (Wildman–Crippen MR) is 87.2 cm³/mol. The standard InChI is InChI=1S/C18HF27O2/c19-2-1(3(20)5(22)6(23)4(2)21)8(7(46)47,10(26,27)15(36,37)17(40,41)42)9(24,25)11(28,29)12(30,31)13(32,33)14(34,35)16(38,39)18(43,44)45/h(H,46,47). The van der Waals surface area contributed by atoms with Crippen molar-refractivity contribution < 1.29 is 128 Å². The minimum atomic E-state index is -9.92. The van der Waals surface area contributed by atoms with Gasteiger partial charge in [0.1, 0.15) is 0 Å². The van der Waals surface area contributed by atoms with Crippen molar-refractivity contribution in [3.05, 3.63) is 34.6 Å². The van der Waals surface area contributed by atoms with E-state index in [1.165, 1.54) is 0 Å². The zero-order chi connectivity index (χ0) is 38.5. The van der Waals surface area contributed by atoms with E-state index >= 15 is 8.78 Å². The Morgan fingerprint density at radius 3 is 0.787 bits per heavy atom. The Morgan fingerprint density at radius 1 is 0.340 bits per heavy atom. The summed E-state index contributed by atoms with van der Waals surface area (Å²) >= 11 is 0. The Balaban J connectivity index is 4.79. The van der Waals surface area contributed by atoms with Crippen LogP contribution in [0, 0.1) is 29.1 Å². The summed E-state index contributed by atoms with van der Waals surface area (Å²) in [6.07, 6.45) is -16.8. The van der Waals surface area contributed by atoms with Gasteiger partial charge >= 0.3 is 65.7 Å². The van der Waals surface area contributed by atoms with Crippen LogP contribution in [0.1, 0.15) is 5.56 Å². The molecule has 0 fully saturated rings. The molecule has 1 aromatic carbocycles. The van der Waals surface area contributed by atoms with Gasteiger partial charge in [-0.15, -0.1) is 0 Å². The predicted octanol–water partition coefficient (Wildman–Crippen LogP) is 8.91. The summed E-state index contributed by atoms with van der Waals surface area (Å²) in [4.78, 5) is 11.5. The van der Waals surface area contributed by atoms with Crippen LogP contribution in [0.25, 0.3) is 0 Å². The largest absolute Gasteiger partial charge is 0.480 e. The lowest BCUT2D eigenvalue weighted by Gasteiger charge is -2.49. The highest BCUT2D eigenvalue weighted by Gasteiger charge is 2.99. The van der Waals surface area contributed by atoms with Crippen molar-refractivity contribution in [1.82, 2.24) is 0 Å². The molecular formula is C18HF27O2. The highest BCUT2D eigenvalue weighted by Crippen LogP contribution is 2.69. The second kappa shape index (κ2) is 10.6. The second-order valence-corrected chi connectivity index (χ2v) is 8.59. The van der Waals surface area contributed by atoms with Crippen molar-refractivity contribution in [2.75, 3.05) is 0 Å². The van der Waals surface area contributed by atoms with Gasteiger partial charge in [0.2, 0.25) is 11.2 Å². The number of hydrogen-bond donors (Lipinski definition) is 1. The number of alkyl halides is 22. The number of carbonyl (C=O) groups is 1. The highest BCUT2D eigenvalue weighted by atomic mass is 19.4. The van der Waals surface area contributed by atoms with Crippen LogP contribution < -0.4 is 0 Å². The van der Waals surface area contributed by atoms with Gasteiger partial charge in [0, 0.05) is 0 Å². The van der Waals surface area contributed by atoms with E-state index in [4.69, 9.17) is 5.11 Å². The van der Waals surface area contributed by atoms with E-state index in [9.17, 15) is 115 Å². The molecule has 1 aromatic rings. The average Bonchev–Trinajstić information content (AvgIpc) is 2.86. The van der Waals surface area contributed by atoms with Crippen LogP contribution in [0.4, 0.5) is 119 Å². The molecule has 0 bridgehead atoms. The molecule has 1 atom stereocenters. The number of carboxylic acid groups (broad SMARTS) is 1. The van der Waals surface area contributed by atoms with Gasteiger partial charge in [-0.05, 0) is 0 Å². The monoisotopic (exact) mass is 762 g/mol. The number of halogens is 27. The quantitative estimate of drug-likeness (QED) is 0.147. The van der Waals surface area contributed by atoms with E-state index in [-0.39, 0.29) is 0 Å². The van der Waals surface area contributed by atoms with Gasteiger partial charge in [-0.3, -0.25) is 4.79 Å². The summed E-state index contributed by atoms with van der Waals surface area (Å²) < 4.78 is 369. The van der Waals surface area contributed by atoms with E-state index in [0.717, 1.165) is 0 Å². The van der Waals surface area contributed by atoms with Crippen molar-refractivity contribution in [2.24, 2.45) is 0 Å². The molecule has 0 spiro atoms. The molecule has 0 heterocycles. The van der Waals surface area contributed by atoms with Crippen molar-refractivity contribution in [3.63, 3.8) is 0 Å². The molecule has 274 valence electrons. The number of rotatable bonds is 10. The van der Waals surface area contributed by atoms with Crippen molar-refractivity contribution >= 4 is 5.97 Å². The molecule has 1 rings (SSSR count). The second-order valence-electron chi connectivity index (χ2n) is 8.59. The molecule has 0 saturated heterocycles. The normalized spacial score (nSPS) is 16.7. The summed E-state index contributed by atoms with van der Waals surface area (Å²) in [5.74, 6) is -104. The van der Waals surface area contributed by atoms with E-state index in [1.54, 1.807) is 0 Å². The third kappa shape index (κ3) is 4.72. The van der Waals surface area contributed by atoms with E-state index < -0.39 is 106 Å². The average molecular weight is 762 g/mol. The summed E-state index contributed by atoms with van der Waals surface area (Å²) in [6.45, 7) is 0. The summed E-state index contributed by atoms with van der Waals surface area (Å²) in [5.41, 5.74) is -14.4. The Hall–Kier alpha value is -3.20. The van der Waals surface area contributed by atoms with Gasteiger partial charge in [0.15, 0.2) is 23.3 Å². The number of hydrogen-bond acceptors (Lipinski definition) is 1. The third-order valence-electron chi connectivity index (χ3n) is 5.93. The van der Waals surface area contributed by atoms with Gasteiger partial charge < -0.3 is 5.11 Å². The first kappa shape index (κ1) is 41.8. The van der Waals surface area contributed by atoms with Gasteiger partial charge in [-0.1, -0.05) is 0 Å². The SMILES string of the molecule is O=C(O)C(c1c(F)c(F)c(F)c(F)c1F)(C(F)(F)C(F)(F)C(F)(F)F)C(F)(F)C(F)(F)C(F)(F)C(F)(F)C(F)(F)C(F)(F)C(F)(F)F. The van der Waals surface area contributed by atoms with Gasteiger partial charge in [-0.2, -0.15) is 96.6 Å². The van der Waals surface area contributed by atoms with E-state index in [1.807, 2.05) is 0 Å². The number of aliphatic carboxylic acids is 1. The minimum absolute atomic E-state index is 3.96. The molecule has 47 heavy (non-hydrogen) atoms.